The summed E-state index contributed by atoms with van der Waals surface area (Å²) in [6.45, 7) is 10.5. The van der Waals surface area contributed by atoms with Crippen LogP contribution in [0.4, 0.5) is 0 Å². The number of nitrogens with one attached hydrogen (secondary N) is 2. The highest BCUT2D eigenvalue weighted by molar-refractivity contribution is 5.80. The third kappa shape index (κ3) is 6.64. The predicted molar refractivity (Wildman–Crippen MR) is 85.1 cm³/mol. The highest BCUT2D eigenvalue weighted by Gasteiger charge is 2.09. The molecule has 0 saturated carbocycles. The summed E-state index contributed by atoms with van der Waals surface area (Å²) in [5.74, 6) is 2.49. The fraction of sp³-hybridized carbons (Fsp3) is 0.688. The summed E-state index contributed by atoms with van der Waals surface area (Å²) in [5, 5.41) is 6.85. The quantitative estimate of drug-likeness (QED) is 0.436. The van der Waals surface area contributed by atoms with E-state index in [0.717, 1.165) is 37.7 Å². The molecule has 0 bridgehead atoms. The molecule has 1 aromatic rings. The van der Waals surface area contributed by atoms with Gasteiger partial charge in [0.05, 0.1) is 6.26 Å². The maximum Gasteiger partial charge on any atom is 0.191 e. The number of aliphatic imine (C=N–C) groups is 1. The second-order valence-electron chi connectivity index (χ2n) is 5.52. The molecular formula is C16H29N3O. The topological polar surface area (TPSA) is 49.6 Å². The van der Waals surface area contributed by atoms with E-state index in [1.54, 1.807) is 6.26 Å². The summed E-state index contributed by atoms with van der Waals surface area (Å²) in [7, 11) is 0. The molecule has 1 rings (SSSR count). The van der Waals surface area contributed by atoms with E-state index in [4.69, 9.17) is 4.42 Å². The second-order valence-corrected chi connectivity index (χ2v) is 5.52. The molecule has 4 heteroatoms. The minimum atomic E-state index is 0.409. The largest absolute Gasteiger partial charge is 0.469 e. The minimum absolute atomic E-state index is 0.409. The molecule has 114 valence electrons. The normalized spacial score (nSPS) is 13.6. The van der Waals surface area contributed by atoms with Crippen LogP contribution in [-0.4, -0.2) is 25.1 Å². The van der Waals surface area contributed by atoms with Crippen LogP contribution in [0.1, 0.15) is 46.3 Å². The molecular weight excluding hydrogens is 250 g/mol. The maximum atomic E-state index is 5.33. The van der Waals surface area contributed by atoms with Gasteiger partial charge in [0.15, 0.2) is 5.96 Å². The van der Waals surface area contributed by atoms with Crippen LogP contribution in [0.3, 0.4) is 0 Å². The van der Waals surface area contributed by atoms with Crippen LogP contribution in [0, 0.1) is 5.92 Å². The van der Waals surface area contributed by atoms with Crippen molar-refractivity contribution in [2.24, 2.45) is 10.9 Å². The second kappa shape index (κ2) is 9.45. The van der Waals surface area contributed by atoms with Crippen molar-refractivity contribution in [2.75, 3.05) is 13.1 Å². The van der Waals surface area contributed by atoms with Crippen LogP contribution in [0.15, 0.2) is 27.8 Å². The Morgan fingerprint density at radius 1 is 1.35 bits per heavy atom. The number of unbranched alkanes of at least 4 members (excludes halogenated alkanes) is 1. The van der Waals surface area contributed by atoms with E-state index in [2.05, 4.69) is 43.3 Å². The average Bonchev–Trinajstić information content (AvgIpc) is 2.91. The van der Waals surface area contributed by atoms with Crippen molar-refractivity contribution in [2.45, 2.75) is 53.0 Å². The first-order valence-electron chi connectivity index (χ1n) is 7.70. The van der Waals surface area contributed by atoms with Gasteiger partial charge >= 0.3 is 0 Å². The Labute approximate surface area is 123 Å². The van der Waals surface area contributed by atoms with Gasteiger partial charge in [-0.1, -0.05) is 27.2 Å². The lowest BCUT2D eigenvalue weighted by Gasteiger charge is -2.21. The summed E-state index contributed by atoms with van der Waals surface area (Å²) >= 11 is 0. The molecule has 1 heterocycles. The molecule has 0 saturated heterocycles. The smallest absolute Gasteiger partial charge is 0.191 e. The molecule has 0 fully saturated rings. The lowest BCUT2D eigenvalue weighted by atomic mass is 10.1. The summed E-state index contributed by atoms with van der Waals surface area (Å²) < 4.78 is 5.33. The van der Waals surface area contributed by atoms with Gasteiger partial charge in [-0.25, -0.2) is 0 Å². The Bertz CT molecular complexity index is 371. The van der Waals surface area contributed by atoms with E-state index < -0.39 is 0 Å². The van der Waals surface area contributed by atoms with Crippen LogP contribution >= 0.6 is 0 Å². The number of furan rings is 1. The summed E-state index contributed by atoms with van der Waals surface area (Å²) in [5.41, 5.74) is 0. The Hall–Kier alpha value is -1.45. The van der Waals surface area contributed by atoms with E-state index in [-0.39, 0.29) is 0 Å². The minimum Gasteiger partial charge on any atom is -0.469 e. The first kappa shape index (κ1) is 16.6. The number of guanidine groups is 1. The summed E-state index contributed by atoms with van der Waals surface area (Å²) in [4.78, 5) is 4.62. The third-order valence-corrected chi connectivity index (χ3v) is 3.39. The lowest BCUT2D eigenvalue weighted by molar-refractivity contribution is 0.477. The molecule has 0 radical (unpaired) electrons. The van der Waals surface area contributed by atoms with Crippen molar-refractivity contribution >= 4 is 5.96 Å². The van der Waals surface area contributed by atoms with Crippen molar-refractivity contribution in [3.63, 3.8) is 0 Å². The number of nitrogens with zero attached hydrogens (tertiary/aromatic N) is 1. The van der Waals surface area contributed by atoms with Gasteiger partial charge in [-0.2, -0.15) is 0 Å². The van der Waals surface area contributed by atoms with E-state index >= 15 is 0 Å². The highest BCUT2D eigenvalue weighted by atomic mass is 16.3. The van der Waals surface area contributed by atoms with Crippen molar-refractivity contribution in [3.05, 3.63) is 24.2 Å². The fourth-order valence-corrected chi connectivity index (χ4v) is 1.64. The monoisotopic (exact) mass is 279 g/mol. The van der Waals surface area contributed by atoms with E-state index in [0.29, 0.717) is 12.0 Å². The van der Waals surface area contributed by atoms with Gasteiger partial charge in [0.2, 0.25) is 0 Å². The van der Waals surface area contributed by atoms with Crippen molar-refractivity contribution < 1.29 is 4.42 Å². The SMILES string of the molecule is CCCCN=C(NCCc1ccco1)NC(C)C(C)C. The average molecular weight is 279 g/mol. The highest BCUT2D eigenvalue weighted by Crippen LogP contribution is 2.01. The van der Waals surface area contributed by atoms with Crippen molar-refractivity contribution in [1.29, 1.82) is 0 Å². The van der Waals surface area contributed by atoms with Crippen LogP contribution in [0.25, 0.3) is 0 Å². The fourth-order valence-electron chi connectivity index (χ4n) is 1.64. The van der Waals surface area contributed by atoms with Gasteiger partial charge in [0.1, 0.15) is 5.76 Å². The van der Waals surface area contributed by atoms with Gasteiger partial charge < -0.3 is 15.1 Å². The van der Waals surface area contributed by atoms with Crippen molar-refractivity contribution in [1.82, 2.24) is 10.6 Å². The Kier molecular flexibility index (Phi) is 7.85. The molecule has 0 aromatic carbocycles. The zero-order chi connectivity index (χ0) is 14.8. The van der Waals surface area contributed by atoms with Gasteiger partial charge in [-0.15, -0.1) is 0 Å². The molecule has 0 aliphatic rings. The Balaban J connectivity index is 2.42. The molecule has 0 spiro atoms. The zero-order valence-electron chi connectivity index (χ0n) is 13.3. The standard InChI is InChI=1S/C16H29N3O/c1-5-6-10-17-16(19-14(4)13(2)3)18-11-9-15-8-7-12-20-15/h7-8,12-14H,5-6,9-11H2,1-4H3,(H2,17,18,19). The van der Waals surface area contributed by atoms with E-state index in [9.17, 15) is 0 Å². The number of hydrogen-bond acceptors (Lipinski definition) is 2. The molecule has 4 nitrogen and oxygen atoms in total. The van der Waals surface area contributed by atoms with E-state index in [1.807, 2.05) is 12.1 Å². The molecule has 1 aromatic heterocycles. The number of rotatable bonds is 8. The maximum absolute atomic E-state index is 5.33. The predicted octanol–water partition coefficient (Wildman–Crippen LogP) is 3.20. The molecule has 0 aliphatic carbocycles. The lowest BCUT2D eigenvalue weighted by Crippen LogP contribution is -2.45. The first-order valence-corrected chi connectivity index (χ1v) is 7.70. The van der Waals surface area contributed by atoms with Crippen LogP contribution in [0.2, 0.25) is 0 Å². The Morgan fingerprint density at radius 3 is 2.75 bits per heavy atom. The molecule has 0 aliphatic heterocycles. The van der Waals surface area contributed by atoms with Crippen molar-refractivity contribution in [3.8, 4) is 0 Å². The molecule has 2 N–H and O–H groups in total. The Morgan fingerprint density at radius 2 is 2.15 bits per heavy atom. The molecule has 0 amide bonds. The summed E-state index contributed by atoms with van der Waals surface area (Å²) in [6, 6.07) is 4.33. The molecule has 20 heavy (non-hydrogen) atoms. The summed E-state index contributed by atoms with van der Waals surface area (Å²) in [6.07, 6.45) is 4.88. The van der Waals surface area contributed by atoms with E-state index in [1.165, 1.54) is 6.42 Å². The first-order chi connectivity index (χ1) is 9.63. The molecule has 1 unspecified atom stereocenters. The van der Waals surface area contributed by atoms with Gasteiger partial charge in [0, 0.05) is 25.6 Å². The van der Waals surface area contributed by atoms with Crippen LogP contribution < -0.4 is 10.6 Å². The zero-order valence-corrected chi connectivity index (χ0v) is 13.3. The van der Waals surface area contributed by atoms with Gasteiger partial charge in [-0.05, 0) is 31.4 Å². The van der Waals surface area contributed by atoms with Gasteiger partial charge in [-0.3, -0.25) is 4.99 Å². The number of hydrogen-bond donors (Lipinski definition) is 2. The van der Waals surface area contributed by atoms with Gasteiger partial charge in [0.25, 0.3) is 0 Å². The van der Waals surface area contributed by atoms with Crippen LogP contribution in [-0.2, 0) is 6.42 Å². The molecule has 1 atom stereocenters. The third-order valence-electron chi connectivity index (χ3n) is 3.39. The van der Waals surface area contributed by atoms with Crippen LogP contribution in [0.5, 0.6) is 0 Å².